The van der Waals surface area contributed by atoms with Gasteiger partial charge in [0, 0.05) is 6.42 Å². The minimum atomic E-state index is -0.501. The van der Waals surface area contributed by atoms with Crippen molar-refractivity contribution >= 4 is 16.7 Å². The van der Waals surface area contributed by atoms with Gasteiger partial charge in [0.05, 0.1) is 10.8 Å². The average molecular weight is 235 g/mol. The van der Waals surface area contributed by atoms with Crippen LogP contribution in [0.5, 0.6) is 11.8 Å². The molecule has 5 nitrogen and oxygen atoms in total. The van der Waals surface area contributed by atoms with Gasteiger partial charge in [-0.2, -0.15) is 0 Å². The van der Waals surface area contributed by atoms with Crippen molar-refractivity contribution in [3.05, 3.63) is 24.3 Å². The Kier molecular flexibility index (Phi) is 2.91. The summed E-state index contributed by atoms with van der Waals surface area (Å²) in [5, 5.41) is 20.5. The average Bonchev–Trinajstić information content (AvgIpc) is 2.56. The highest BCUT2D eigenvalue weighted by molar-refractivity contribution is 5.92. The molecule has 0 aliphatic heterocycles. The van der Waals surface area contributed by atoms with Gasteiger partial charge in [-0.05, 0) is 18.6 Å². The first kappa shape index (κ1) is 11.3. The molecule has 17 heavy (non-hydrogen) atoms. The van der Waals surface area contributed by atoms with Gasteiger partial charge in [0.2, 0.25) is 11.8 Å². The summed E-state index contributed by atoms with van der Waals surface area (Å²) in [6, 6.07) is 6.71. The zero-order valence-electron chi connectivity index (χ0n) is 9.38. The Hall–Kier alpha value is -2.17. The maximum Gasteiger partial charge on any atom is 0.333 e. The molecule has 0 fully saturated rings. The van der Waals surface area contributed by atoms with Crippen molar-refractivity contribution in [2.24, 2.45) is 0 Å². The van der Waals surface area contributed by atoms with Crippen LogP contribution in [0.3, 0.4) is 0 Å². The van der Waals surface area contributed by atoms with Crippen LogP contribution >= 0.6 is 0 Å². The van der Waals surface area contributed by atoms with Crippen molar-refractivity contribution < 1.29 is 19.8 Å². The van der Waals surface area contributed by atoms with E-state index in [0.29, 0.717) is 17.2 Å². The highest BCUT2D eigenvalue weighted by Gasteiger charge is 2.18. The number of aromatic hydroxyl groups is 2. The van der Waals surface area contributed by atoms with Crippen LogP contribution in [-0.2, 0) is 4.79 Å². The first-order valence-electron chi connectivity index (χ1n) is 5.37. The Labute approximate surface area is 97.8 Å². The third kappa shape index (κ3) is 1.91. The lowest BCUT2D eigenvalue weighted by atomic mass is 10.2. The molecule has 2 aromatic rings. The second-order valence-corrected chi connectivity index (χ2v) is 3.70. The predicted octanol–water partition coefficient (Wildman–Crippen LogP) is 1.81. The summed E-state index contributed by atoms with van der Waals surface area (Å²) in [6.45, 7) is 1.84. The van der Waals surface area contributed by atoms with E-state index < -0.39 is 5.97 Å². The Balaban J connectivity index is 2.44. The number of benzene rings is 1. The first-order chi connectivity index (χ1) is 8.15. The molecule has 1 heterocycles. The zero-order valence-corrected chi connectivity index (χ0v) is 9.38. The summed E-state index contributed by atoms with van der Waals surface area (Å²) in [4.78, 5) is 16.2. The summed E-state index contributed by atoms with van der Waals surface area (Å²) in [5.41, 5.74) is 0. The van der Waals surface area contributed by atoms with E-state index in [1.165, 1.54) is 0 Å². The van der Waals surface area contributed by atoms with E-state index >= 15 is 0 Å². The van der Waals surface area contributed by atoms with Gasteiger partial charge < -0.3 is 15.1 Å². The number of nitrogens with zero attached hydrogens (tertiary/aromatic N) is 1. The van der Waals surface area contributed by atoms with Crippen molar-refractivity contribution in [1.29, 1.82) is 0 Å². The number of fused-ring (bicyclic) bond motifs is 1. The van der Waals surface area contributed by atoms with Gasteiger partial charge in [0.1, 0.15) is 0 Å². The number of hydrogen-bond acceptors (Lipinski definition) is 4. The largest absolute Gasteiger partial charge is 0.492 e. The topological polar surface area (TPSA) is 71.7 Å². The SMILES string of the molecule is CCCC(=O)On1c(O)c2ccccc2c1O. The van der Waals surface area contributed by atoms with Gasteiger partial charge in [-0.25, -0.2) is 4.79 Å². The summed E-state index contributed by atoms with van der Waals surface area (Å²) >= 11 is 0. The fraction of sp³-hybridized carbons (Fsp3) is 0.250. The summed E-state index contributed by atoms with van der Waals surface area (Å²) in [7, 11) is 0. The van der Waals surface area contributed by atoms with Crippen LogP contribution in [0.4, 0.5) is 0 Å². The molecular formula is C12H13NO4. The number of rotatable bonds is 3. The Morgan fingerprint density at radius 1 is 1.24 bits per heavy atom. The van der Waals surface area contributed by atoms with Gasteiger partial charge in [-0.1, -0.05) is 19.1 Å². The molecule has 0 atom stereocenters. The molecule has 2 N–H and O–H groups in total. The van der Waals surface area contributed by atoms with Gasteiger partial charge in [-0.15, -0.1) is 4.73 Å². The van der Waals surface area contributed by atoms with E-state index in [4.69, 9.17) is 4.84 Å². The van der Waals surface area contributed by atoms with Crippen molar-refractivity contribution in [3.63, 3.8) is 0 Å². The molecule has 90 valence electrons. The third-order valence-electron chi connectivity index (χ3n) is 2.44. The molecule has 0 amide bonds. The third-order valence-corrected chi connectivity index (χ3v) is 2.44. The Morgan fingerprint density at radius 3 is 2.24 bits per heavy atom. The predicted molar refractivity (Wildman–Crippen MR) is 61.8 cm³/mol. The van der Waals surface area contributed by atoms with Crippen LogP contribution in [0, 0.1) is 0 Å². The van der Waals surface area contributed by atoms with Gasteiger partial charge in [-0.3, -0.25) is 0 Å². The molecule has 1 aromatic heterocycles. The second-order valence-electron chi connectivity index (χ2n) is 3.70. The van der Waals surface area contributed by atoms with Gasteiger partial charge >= 0.3 is 5.97 Å². The van der Waals surface area contributed by atoms with E-state index in [9.17, 15) is 15.0 Å². The van der Waals surface area contributed by atoms with Crippen molar-refractivity contribution in [2.75, 3.05) is 0 Å². The smallest absolute Gasteiger partial charge is 0.333 e. The molecule has 5 heteroatoms. The molecule has 1 aromatic carbocycles. The van der Waals surface area contributed by atoms with Crippen molar-refractivity contribution in [2.45, 2.75) is 19.8 Å². The second kappa shape index (κ2) is 4.37. The lowest BCUT2D eigenvalue weighted by Gasteiger charge is -2.05. The van der Waals surface area contributed by atoms with Crippen LogP contribution in [-0.4, -0.2) is 20.9 Å². The van der Waals surface area contributed by atoms with Gasteiger partial charge in [0.15, 0.2) is 0 Å². The molecular weight excluding hydrogens is 222 g/mol. The van der Waals surface area contributed by atoms with E-state index in [1.54, 1.807) is 24.3 Å². The fourth-order valence-corrected chi connectivity index (χ4v) is 1.63. The number of aromatic nitrogens is 1. The summed E-state index contributed by atoms with van der Waals surface area (Å²) in [5.74, 6) is -1.05. The molecule has 2 rings (SSSR count). The molecule has 0 saturated carbocycles. The minimum Gasteiger partial charge on any atom is -0.492 e. The molecule has 0 radical (unpaired) electrons. The highest BCUT2D eigenvalue weighted by Crippen LogP contribution is 2.34. The van der Waals surface area contributed by atoms with Crippen LogP contribution in [0.15, 0.2) is 24.3 Å². The van der Waals surface area contributed by atoms with E-state index in [1.807, 2.05) is 6.92 Å². The van der Waals surface area contributed by atoms with Crippen LogP contribution < -0.4 is 4.84 Å². The van der Waals surface area contributed by atoms with E-state index in [0.717, 1.165) is 4.73 Å². The minimum absolute atomic E-state index is 0.230. The monoisotopic (exact) mass is 235 g/mol. The van der Waals surface area contributed by atoms with Crippen molar-refractivity contribution in [3.8, 4) is 11.8 Å². The molecule has 0 saturated heterocycles. The zero-order chi connectivity index (χ0) is 12.4. The number of carbonyl (C=O) groups excluding carboxylic acids is 1. The van der Waals surface area contributed by atoms with E-state index in [2.05, 4.69) is 0 Å². The highest BCUT2D eigenvalue weighted by atomic mass is 16.7. The van der Waals surface area contributed by atoms with Gasteiger partial charge in [0.25, 0.3) is 0 Å². The van der Waals surface area contributed by atoms with Crippen LogP contribution in [0.1, 0.15) is 19.8 Å². The Bertz CT molecular complexity index is 520. The summed E-state index contributed by atoms with van der Waals surface area (Å²) in [6.07, 6.45) is 0.870. The Morgan fingerprint density at radius 2 is 1.76 bits per heavy atom. The standard InChI is InChI=1S/C12H13NO4/c1-2-5-10(14)17-13-11(15)8-6-3-4-7-9(8)12(13)16/h3-4,6-7,15-16H,2,5H2,1H3. The quantitative estimate of drug-likeness (QED) is 0.851. The molecule has 0 aliphatic rings. The molecule has 0 spiro atoms. The molecule has 0 aliphatic carbocycles. The lowest BCUT2D eigenvalue weighted by Crippen LogP contribution is -2.18. The normalized spacial score (nSPS) is 10.6. The maximum atomic E-state index is 11.3. The van der Waals surface area contributed by atoms with Crippen LogP contribution in [0.25, 0.3) is 10.8 Å². The summed E-state index contributed by atoms with van der Waals surface area (Å²) < 4.78 is 0.753. The maximum absolute atomic E-state index is 11.3. The van der Waals surface area contributed by atoms with Crippen molar-refractivity contribution in [1.82, 2.24) is 4.73 Å². The van der Waals surface area contributed by atoms with E-state index in [-0.39, 0.29) is 18.2 Å². The first-order valence-corrected chi connectivity index (χ1v) is 5.37. The van der Waals surface area contributed by atoms with Crippen LogP contribution in [0.2, 0.25) is 0 Å². The molecule has 0 unspecified atom stereocenters. The fourth-order valence-electron chi connectivity index (χ4n) is 1.63. The number of hydrogen-bond donors (Lipinski definition) is 2. The molecule has 0 bridgehead atoms. The lowest BCUT2D eigenvalue weighted by molar-refractivity contribution is -0.145. The number of carbonyl (C=O) groups is 1.